The maximum atomic E-state index is 11.9. The maximum Gasteiger partial charge on any atom is 0.407 e. The molecule has 6 rings (SSSR count). The molecule has 10 nitrogen and oxygen atoms in total. The fourth-order valence-electron chi connectivity index (χ4n) is 6.81. The summed E-state index contributed by atoms with van der Waals surface area (Å²) in [4.78, 5) is 30.2. The number of piperazine rings is 1. The minimum atomic E-state index is -0.987. The van der Waals surface area contributed by atoms with Crippen molar-refractivity contribution in [1.82, 2.24) is 19.8 Å². The van der Waals surface area contributed by atoms with Crippen LogP contribution in [-0.2, 0) is 13.0 Å². The van der Waals surface area contributed by atoms with Gasteiger partial charge in [0.2, 0.25) is 0 Å². The van der Waals surface area contributed by atoms with E-state index in [-0.39, 0.29) is 6.42 Å². The number of carbonyl (C=O) groups is 1. The third-order valence-corrected chi connectivity index (χ3v) is 9.10. The Morgan fingerprint density at radius 3 is 2.67 bits per heavy atom. The number of rotatable bonds is 6. The Morgan fingerprint density at radius 1 is 1.07 bits per heavy atom. The molecule has 1 amide bonds. The normalized spacial score (nSPS) is 21.2. The first kappa shape index (κ1) is 28.0. The molecule has 1 aromatic heterocycles. The van der Waals surface area contributed by atoms with Crippen LogP contribution in [-0.4, -0.2) is 89.4 Å². The number of aryl methyl sites for hydroxylation is 2. The number of benzene rings is 2. The quantitative estimate of drug-likeness (QED) is 0.461. The summed E-state index contributed by atoms with van der Waals surface area (Å²) in [5, 5.41) is 21.7. The van der Waals surface area contributed by atoms with Crippen LogP contribution in [0.15, 0.2) is 36.4 Å². The highest BCUT2D eigenvalue weighted by Crippen LogP contribution is 2.36. The second kappa shape index (κ2) is 12.0. The number of nitrogens with zero attached hydrogens (tertiary/aromatic N) is 7. The molecular formula is C32H39N7O3. The molecule has 2 aromatic carbocycles. The van der Waals surface area contributed by atoms with Crippen LogP contribution < -0.4 is 14.5 Å². The van der Waals surface area contributed by atoms with Gasteiger partial charge >= 0.3 is 12.1 Å². The number of likely N-dealkylation sites (N-methyl/N-ethyl adjacent to an activating group) is 1. The second-order valence-electron chi connectivity index (χ2n) is 11.8. The monoisotopic (exact) mass is 569 g/mol. The number of fused-ring (bicyclic) bond motifs is 2. The summed E-state index contributed by atoms with van der Waals surface area (Å²) in [6, 6.07) is 15.4. The average molecular weight is 570 g/mol. The SMILES string of the molecule is Cc1cccc2cccc(N3CCCc4nc(OCC5CCCN5C)nc(N5CCN(C(=O)O)C(CC#N)C5)c4C3)c12. The lowest BCUT2D eigenvalue weighted by Gasteiger charge is -2.40. The Morgan fingerprint density at radius 2 is 1.90 bits per heavy atom. The zero-order chi connectivity index (χ0) is 29.2. The molecule has 0 saturated carbocycles. The molecule has 0 radical (unpaired) electrons. The lowest BCUT2D eigenvalue weighted by atomic mass is 10.0. The molecule has 220 valence electrons. The van der Waals surface area contributed by atoms with Crippen molar-refractivity contribution in [2.24, 2.45) is 0 Å². The fourth-order valence-corrected chi connectivity index (χ4v) is 6.81. The van der Waals surface area contributed by atoms with Gasteiger partial charge in [0.1, 0.15) is 12.4 Å². The number of amides is 1. The molecule has 3 aromatic rings. The predicted molar refractivity (Wildman–Crippen MR) is 162 cm³/mol. The minimum absolute atomic E-state index is 0.134. The van der Waals surface area contributed by atoms with Gasteiger partial charge in [0.25, 0.3) is 0 Å². The van der Waals surface area contributed by atoms with E-state index < -0.39 is 12.1 Å². The van der Waals surface area contributed by atoms with Gasteiger partial charge in [0.05, 0.1) is 24.2 Å². The van der Waals surface area contributed by atoms with Crippen molar-refractivity contribution in [3.63, 3.8) is 0 Å². The standard InChI is InChI=1S/C32H39N7O3/c1-22-7-3-8-23-9-4-12-28(29(22)23)37-16-6-11-27-26(20-37)30(35-31(34-27)42-21-25-10-5-15-36(25)2)38-17-18-39(32(40)41)24(19-38)13-14-33/h3-4,7-9,12,24-25H,5-6,10-11,13,15-21H2,1-2H3,(H,40,41). The number of ether oxygens (including phenoxy) is 1. The Bertz CT molecular complexity index is 1500. The topological polar surface area (TPSA) is 109 Å². The van der Waals surface area contributed by atoms with Crippen LogP contribution in [0.25, 0.3) is 10.8 Å². The van der Waals surface area contributed by atoms with Gasteiger partial charge in [-0.3, -0.25) is 0 Å². The van der Waals surface area contributed by atoms with Crippen LogP contribution in [0, 0.1) is 18.3 Å². The van der Waals surface area contributed by atoms with E-state index in [4.69, 9.17) is 14.7 Å². The van der Waals surface area contributed by atoms with Crippen molar-refractivity contribution < 1.29 is 14.6 Å². The maximum absolute atomic E-state index is 11.9. The van der Waals surface area contributed by atoms with Gasteiger partial charge in [0.15, 0.2) is 0 Å². The van der Waals surface area contributed by atoms with Crippen LogP contribution in [0.1, 0.15) is 42.5 Å². The zero-order valence-corrected chi connectivity index (χ0v) is 24.5. The van der Waals surface area contributed by atoms with E-state index >= 15 is 0 Å². The van der Waals surface area contributed by atoms with Crippen molar-refractivity contribution in [2.75, 3.05) is 56.2 Å². The van der Waals surface area contributed by atoms with Crippen LogP contribution in [0.4, 0.5) is 16.3 Å². The van der Waals surface area contributed by atoms with E-state index in [0.29, 0.717) is 44.8 Å². The molecule has 0 aliphatic carbocycles. The molecular weight excluding hydrogens is 530 g/mol. The summed E-state index contributed by atoms with van der Waals surface area (Å²) < 4.78 is 6.26. The first-order valence-electron chi connectivity index (χ1n) is 15.0. The van der Waals surface area contributed by atoms with E-state index in [2.05, 4.69) is 71.1 Å². The largest absolute Gasteiger partial charge is 0.465 e. The van der Waals surface area contributed by atoms with Crippen molar-refractivity contribution in [1.29, 1.82) is 5.26 Å². The summed E-state index contributed by atoms with van der Waals surface area (Å²) in [7, 11) is 2.13. The van der Waals surface area contributed by atoms with Gasteiger partial charge in [-0.2, -0.15) is 15.2 Å². The summed E-state index contributed by atoms with van der Waals surface area (Å²) in [5.41, 5.74) is 4.50. The van der Waals surface area contributed by atoms with Crippen molar-refractivity contribution in [3.8, 4) is 12.1 Å². The van der Waals surface area contributed by atoms with E-state index in [1.807, 2.05) is 0 Å². The molecule has 2 atom stereocenters. The lowest BCUT2D eigenvalue weighted by molar-refractivity contribution is 0.119. The van der Waals surface area contributed by atoms with Crippen LogP contribution >= 0.6 is 0 Å². The van der Waals surface area contributed by atoms with E-state index in [0.717, 1.165) is 49.4 Å². The van der Waals surface area contributed by atoms with Gasteiger partial charge in [-0.1, -0.05) is 30.3 Å². The molecule has 0 spiro atoms. The first-order chi connectivity index (χ1) is 20.4. The highest BCUT2D eigenvalue weighted by atomic mass is 16.5. The summed E-state index contributed by atoms with van der Waals surface area (Å²) in [5.74, 6) is 0.798. The van der Waals surface area contributed by atoms with E-state index in [9.17, 15) is 15.2 Å². The third kappa shape index (κ3) is 5.53. The number of carboxylic acid groups (broad SMARTS) is 1. The second-order valence-corrected chi connectivity index (χ2v) is 11.8. The molecule has 42 heavy (non-hydrogen) atoms. The highest BCUT2D eigenvalue weighted by molar-refractivity contribution is 5.97. The molecule has 2 fully saturated rings. The van der Waals surface area contributed by atoms with Crippen LogP contribution in [0.5, 0.6) is 6.01 Å². The summed E-state index contributed by atoms with van der Waals surface area (Å²) in [6.45, 7) is 6.52. The number of likely N-dealkylation sites (tertiary alicyclic amines) is 1. The molecule has 10 heteroatoms. The van der Waals surface area contributed by atoms with Crippen molar-refractivity contribution >= 4 is 28.4 Å². The smallest absolute Gasteiger partial charge is 0.407 e. The Hall–Kier alpha value is -4.10. The van der Waals surface area contributed by atoms with Gasteiger partial charge in [-0.05, 0) is 63.2 Å². The predicted octanol–water partition coefficient (Wildman–Crippen LogP) is 4.45. The molecule has 0 bridgehead atoms. The minimum Gasteiger partial charge on any atom is -0.465 e. The Balaban J connectivity index is 1.38. The average Bonchev–Trinajstić information content (AvgIpc) is 3.27. The molecule has 1 N–H and O–H groups in total. The Kier molecular flexibility index (Phi) is 8.02. The molecule has 4 heterocycles. The number of aromatic nitrogens is 2. The van der Waals surface area contributed by atoms with E-state index in [1.54, 1.807) is 0 Å². The molecule has 2 saturated heterocycles. The number of hydrogen-bond acceptors (Lipinski definition) is 8. The van der Waals surface area contributed by atoms with Gasteiger partial charge < -0.3 is 29.4 Å². The van der Waals surface area contributed by atoms with Gasteiger partial charge in [-0.15, -0.1) is 0 Å². The summed E-state index contributed by atoms with van der Waals surface area (Å²) in [6.07, 6.45) is 3.16. The highest BCUT2D eigenvalue weighted by Gasteiger charge is 2.34. The first-order valence-corrected chi connectivity index (χ1v) is 15.0. The molecule has 3 aliphatic heterocycles. The zero-order valence-electron chi connectivity index (χ0n) is 24.5. The van der Waals surface area contributed by atoms with Crippen molar-refractivity contribution in [3.05, 3.63) is 53.2 Å². The van der Waals surface area contributed by atoms with Gasteiger partial charge in [0, 0.05) is 55.4 Å². The van der Waals surface area contributed by atoms with Gasteiger partial charge in [-0.25, -0.2) is 4.79 Å². The van der Waals surface area contributed by atoms with Crippen LogP contribution in [0.3, 0.4) is 0 Å². The van der Waals surface area contributed by atoms with Crippen molar-refractivity contribution in [2.45, 2.75) is 57.7 Å². The molecule has 3 aliphatic rings. The summed E-state index contributed by atoms with van der Waals surface area (Å²) >= 11 is 0. The fraction of sp³-hybridized carbons (Fsp3) is 0.500. The third-order valence-electron chi connectivity index (χ3n) is 9.10. The van der Waals surface area contributed by atoms with Crippen LogP contribution in [0.2, 0.25) is 0 Å². The molecule has 2 unspecified atom stereocenters. The lowest BCUT2D eigenvalue weighted by Crippen LogP contribution is -2.55. The number of hydrogen-bond donors (Lipinski definition) is 1. The van der Waals surface area contributed by atoms with E-state index in [1.165, 1.54) is 33.3 Å². The number of anilines is 2. The Labute approximate surface area is 247 Å². The number of nitriles is 1.